The Balaban J connectivity index is 2.99. The minimum Gasteiger partial charge on any atom is -0.478 e. The Kier molecular flexibility index (Phi) is 3.55. The van der Waals surface area contributed by atoms with Gasteiger partial charge in [0.2, 0.25) is 5.82 Å². The maximum absolute atomic E-state index is 13.0. The zero-order chi connectivity index (χ0) is 12.3. The number of hydrogen-bond acceptors (Lipinski definition) is 2. The Morgan fingerprint density at radius 2 is 1.94 bits per heavy atom. The minimum absolute atomic E-state index is 0.155. The van der Waals surface area contributed by atoms with Crippen molar-refractivity contribution in [3.63, 3.8) is 0 Å². The van der Waals surface area contributed by atoms with Gasteiger partial charge in [-0.2, -0.15) is 4.39 Å². The summed E-state index contributed by atoms with van der Waals surface area (Å²) in [5, 5.41) is 8.35. The first-order valence-corrected chi connectivity index (χ1v) is 4.14. The lowest BCUT2D eigenvalue weighted by atomic mass is 10.3. The number of carbonyl (C=O) groups is 1. The first-order valence-electron chi connectivity index (χ1n) is 4.14. The molecule has 1 N–H and O–H groups in total. The summed E-state index contributed by atoms with van der Waals surface area (Å²) in [6, 6.07) is 1.55. The molecule has 0 atom stereocenters. The van der Waals surface area contributed by atoms with Crippen molar-refractivity contribution in [1.29, 1.82) is 0 Å². The Morgan fingerprint density at radius 3 is 2.50 bits per heavy atom. The number of halogens is 3. The lowest BCUT2D eigenvalue weighted by Crippen LogP contribution is -2.00. The molecule has 0 aliphatic rings. The van der Waals surface area contributed by atoms with Crippen LogP contribution in [0.3, 0.4) is 0 Å². The fourth-order valence-electron chi connectivity index (χ4n) is 0.964. The number of carboxylic acids is 1. The molecule has 0 heterocycles. The van der Waals surface area contributed by atoms with Crippen LogP contribution in [0.2, 0.25) is 0 Å². The van der Waals surface area contributed by atoms with Crippen LogP contribution < -0.4 is 4.74 Å². The van der Waals surface area contributed by atoms with Gasteiger partial charge in [-0.3, -0.25) is 0 Å². The van der Waals surface area contributed by atoms with Crippen molar-refractivity contribution in [3.8, 4) is 5.75 Å². The molecule has 0 radical (unpaired) electrons. The molecule has 3 nitrogen and oxygen atoms in total. The van der Waals surface area contributed by atoms with Crippen molar-refractivity contribution in [2.75, 3.05) is 0 Å². The van der Waals surface area contributed by atoms with E-state index in [1.54, 1.807) is 0 Å². The molecule has 1 aromatic carbocycles. The van der Waals surface area contributed by atoms with Crippen LogP contribution in [0.4, 0.5) is 13.2 Å². The number of rotatable bonds is 3. The third-order valence-electron chi connectivity index (χ3n) is 1.60. The fraction of sp³-hybridized carbons (Fsp3) is 0.100. The summed E-state index contributed by atoms with van der Waals surface area (Å²) in [6.45, 7) is 1.24. The van der Waals surface area contributed by atoms with Gasteiger partial charge in [-0.05, 0) is 19.1 Å². The van der Waals surface area contributed by atoms with Crippen LogP contribution in [0.15, 0.2) is 24.0 Å². The smallest absolute Gasteiger partial charge is 0.331 e. The molecule has 1 rings (SSSR count). The van der Waals surface area contributed by atoms with Crippen LogP contribution in [-0.4, -0.2) is 11.1 Å². The van der Waals surface area contributed by atoms with Gasteiger partial charge < -0.3 is 9.84 Å². The first-order chi connectivity index (χ1) is 7.41. The van der Waals surface area contributed by atoms with Crippen molar-refractivity contribution in [1.82, 2.24) is 0 Å². The molecular formula is C10H7F3O3. The summed E-state index contributed by atoms with van der Waals surface area (Å²) in [5.74, 6) is -6.53. The van der Waals surface area contributed by atoms with Gasteiger partial charge >= 0.3 is 5.97 Å². The average Bonchev–Trinajstić information content (AvgIpc) is 2.18. The van der Waals surface area contributed by atoms with Crippen LogP contribution in [0, 0.1) is 17.5 Å². The normalized spacial score (nSPS) is 11.4. The lowest BCUT2D eigenvalue weighted by molar-refractivity contribution is -0.131. The van der Waals surface area contributed by atoms with Crippen molar-refractivity contribution in [2.45, 2.75) is 6.92 Å². The first kappa shape index (κ1) is 12.1. The molecule has 0 aliphatic carbocycles. The molecule has 86 valence electrons. The Labute approximate surface area is 88.8 Å². The number of ether oxygens (including phenoxy) is 1. The van der Waals surface area contributed by atoms with Gasteiger partial charge in [-0.1, -0.05) is 0 Å². The Bertz CT molecular complexity index is 455. The highest BCUT2D eigenvalue weighted by Gasteiger charge is 2.14. The van der Waals surface area contributed by atoms with Gasteiger partial charge in [0, 0.05) is 0 Å². The van der Waals surface area contributed by atoms with E-state index in [0.29, 0.717) is 12.1 Å². The van der Waals surface area contributed by atoms with Crippen molar-refractivity contribution in [2.24, 2.45) is 0 Å². The summed E-state index contributed by atoms with van der Waals surface area (Å²) in [7, 11) is 0. The van der Waals surface area contributed by atoms with Crippen molar-refractivity contribution >= 4 is 5.97 Å². The van der Waals surface area contributed by atoms with E-state index in [-0.39, 0.29) is 5.76 Å². The van der Waals surface area contributed by atoms with Gasteiger partial charge in [0.1, 0.15) is 5.76 Å². The summed E-state index contributed by atoms with van der Waals surface area (Å²) < 4.78 is 43.0. The quantitative estimate of drug-likeness (QED) is 0.494. The topological polar surface area (TPSA) is 46.5 Å². The SMILES string of the molecule is C/C(=C\C(=O)O)Oc1ccc(F)c(F)c1F. The number of carboxylic acid groups (broad SMARTS) is 1. The third-order valence-corrected chi connectivity index (χ3v) is 1.60. The summed E-state index contributed by atoms with van der Waals surface area (Å²) in [4.78, 5) is 10.2. The zero-order valence-electron chi connectivity index (χ0n) is 8.13. The van der Waals surface area contributed by atoms with E-state index >= 15 is 0 Å². The van der Waals surface area contributed by atoms with Crippen LogP contribution in [0.25, 0.3) is 0 Å². The second-order valence-electron chi connectivity index (χ2n) is 2.87. The van der Waals surface area contributed by atoms with E-state index in [0.717, 1.165) is 6.07 Å². The van der Waals surface area contributed by atoms with E-state index in [4.69, 9.17) is 9.84 Å². The van der Waals surface area contributed by atoms with Gasteiger partial charge in [-0.15, -0.1) is 0 Å². The Hall–Kier alpha value is -1.98. The molecule has 0 bridgehead atoms. The molecule has 0 amide bonds. The molecule has 0 saturated carbocycles. The van der Waals surface area contributed by atoms with E-state index in [9.17, 15) is 18.0 Å². The molecule has 1 aromatic rings. The predicted molar refractivity (Wildman–Crippen MR) is 48.3 cm³/mol. The number of benzene rings is 1. The molecule has 16 heavy (non-hydrogen) atoms. The highest BCUT2D eigenvalue weighted by molar-refractivity contribution is 5.80. The van der Waals surface area contributed by atoms with E-state index in [2.05, 4.69) is 0 Å². The third kappa shape index (κ3) is 2.75. The molecule has 0 spiro atoms. The van der Waals surface area contributed by atoms with E-state index in [1.807, 2.05) is 0 Å². The number of allylic oxidation sites excluding steroid dienone is 1. The van der Waals surface area contributed by atoms with Crippen LogP contribution in [-0.2, 0) is 4.79 Å². The van der Waals surface area contributed by atoms with Gasteiger partial charge in [0.05, 0.1) is 6.08 Å². The van der Waals surface area contributed by atoms with Crippen LogP contribution in [0.1, 0.15) is 6.92 Å². The molecule has 0 fully saturated rings. The summed E-state index contributed by atoms with van der Waals surface area (Å²) in [6.07, 6.45) is 0.667. The lowest BCUT2D eigenvalue weighted by Gasteiger charge is -2.06. The van der Waals surface area contributed by atoms with Crippen LogP contribution in [0.5, 0.6) is 5.75 Å². The largest absolute Gasteiger partial charge is 0.478 e. The molecule has 0 aromatic heterocycles. The second kappa shape index (κ2) is 4.69. The standard InChI is InChI=1S/C10H7F3O3/c1-5(4-8(14)15)16-7-3-2-6(11)9(12)10(7)13/h2-4H,1H3,(H,14,15)/b5-4+. The number of aliphatic carboxylic acids is 1. The molecular weight excluding hydrogens is 225 g/mol. The highest BCUT2D eigenvalue weighted by atomic mass is 19.2. The maximum Gasteiger partial charge on any atom is 0.331 e. The predicted octanol–water partition coefficient (Wildman–Crippen LogP) is 2.47. The fourth-order valence-corrected chi connectivity index (χ4v) is 0.964. The maximum atomic E-state index is 13.0. The molecule has 0 saturated heterocycles. The van der Waals surface area contributed by atoms with E-state index in [1.165, 1.54) is 6.92 Å². The zero-order valence-corrected chi connectivity index (χ0v) is 8.13. The van der Waals surface area contributed by atoms with Crippen molar-refractivity contribution in [3.05, 3.63) is 41.4 Å². The van der Waals surface area contributed by atoms with E-state index < -0.39 is 29.2 Å². The molecule has 0 unspecified atom stereocenters. The minimum atomic E-state index is -1.67. The summed E-state index contributed by atoms with van der Waals surface area (Å²) >= 11 is 0. The summed E-state index contributed by atoms with van der Waals surface area (Å²) in [5.41, 5.74) is 0. The van der Waals surface area contributed by atoms with Gasteiger partial charge in [-0.25, -0.2) is 13.6 Å². The molecule has 0 aliphatic heterocycles. The monoisotopic (exact) mass is 232 g/mol. The van der Waals surface area contributed by atoms with Crippen LogP contribution >= 0.6 is 0 Å². The Morgan fingerprint density at radius 1 is 1.31 bits per heavy atom. The average molecular weight is 232 g/mol. The van der Waals surface area contributed by atoms with Crippen molar-refractivity contribution < 1.29 is 27.8 Å². The highest BCUT2D eigenvalue weighted by Crippen LogP contribution is 2.23. The second-order valence-corrected chi connectivity index (χ2v) is 2.87. The molecule has 6 heteroatoms. The van der Waals surface area contributed by atoms with Gasteiger partial charge in [0.25, 0.3) is 0 Å². The number of hydrogen-bond donors (Lipinski definition) is 1. The van der Waals surface area contributed by atoms with Gasteiger partial charge in [0.15, 0.2) is 17.4 Å².